The van der Waals surface area contributed by atoms with E-state index in [-0.39, 0.29) is 23.6 Å². The minimum absolute atomic E-state index is 0.0423. The van der Waals surface area contributed by atoms with Crippen molar-refractivity contribution in [3.63, 3.8) is 0 Å². The van der Waals surface area contributed by atoms with Crippen molar-refractivity contribution in [3.05, 3.63) is 65.2 Å². The van der Waals surface area contributed by atoms with E-state index in [0.29, 0.717) is 5.56 Å². The summed E-state index contributed by atoms with van der Waals surface area (Å²) in [6.07, 6.45) is -1.51. The van der Waals surface area contributed by atoms with Gasteiger partial charge in [0.2, 0.25) is 5.91 Å². The maximum Gasteiger partial charge on any atom is 0.254 e. The van der Waals surface area contributed by atoms with Crippen LogP contribution < -0.4 is 10.6 Å². The van der Waals surface area contributed by atoms with Gasteiger partial charge in [-0.05, 0) is 58.7 Å². The van der Waals surface area contributed by atoms with Crippen molar-refractivity contribution in [2.75, 3.05) is 5.88 Å². The van der Waals surface area contributed by atoms with Crippen LogP contribution in [0.25, 0.3) is 0 Å². The number of carbonyl (C=O) groups excluding carboxylic acids is 3. The molecule has 3 amide bonds. The highest BCUT2D eigenvalue weighted by Gasteiger charge is 2.50. The molecule has 3 atom stereocenters. The van der Waals surface area contributed by atoms with Crippen LogP contribution in [-0.4, -0.2) is 67.2 Å². The van der Waals surface area contributed by atoms with Crippen LogP contribution in [0.2, 0.25) is 0 Å². The third-order valence-electron chi connectivity index (χ3n) is 6.59. The summed E-state index contributed by atoms with van der Waals surface area (Å²) in [5.74, 6) is -1.63. The fourth-order valence-electron chi connectivity index (χ4n) is 4.38. The maximum absolute atomic E-state index is 13.7. The van der Waals surface area contributed by atoms with Crippen molar-refractivity contribution in [2.24, 2.45) is 0 Å². The molecule has 2 aromatic rings. The molecule has 0 spiro atoms. The van der Waals surface area contributed by atoms with E-state index in [1.807, 2.05) is 50.2 Å². The van der Waals surface area contributed by atoms with Gasteiger partial charge in [0.1, 0.15) is 17.3 Å². The number of hydrogen-bond acceptors (Lipinski definition) is 7. The topological polar surface area (TPSA) is 143 Å². The molecule has 0 bridgehead atoms. The summed E-state index contributed by atoms with van der Waals surface area (Å²) in [5, 5.41) is 36.2. The Kier molecular flexibility index (Phi) is 8.75. The predicted octanol–water partition coefficient (Wildman–Crippen LogP) is 2.50. The highest BCUT2D eigenvalue weighted by Crippen LogP contribution is 2.40. The van der Waals surface area contributed by atoms with E-state index in [1.54, 1.807) is 32.9 Å². The fraction of sp³-hybridized carbons (Fsp3) is 0.429. The van der Waals surface area contributed by atoms with E-state index in [9.17, 15) is 29.9 Å². The van der Waals surface area contributed by atoms with Crippen LogP contribution in [0.3, 0.4) is 0 Å². The van der Waals surface area contributed by atoms with E-state index in [1.165, 1.54) is 22.7 Å². The number of amides is 3. The number of aliphatic hydroxyl groups is 1. The first-order chi connectivity index (χ1) is 17.8. The molecular weight excluding hydrogens is 504 g/mol. The molecule has 2 aromatic carbocycles. The summed E-state index contributed by atoms with van der Waals surface area (Å²) in [6, 6.07) is 13.7. The largest absolute Gasteiger partial charge is 0.508 e. The zero-order chi connectivity index (χ0) is 28.3. The van der Waals surface area contributed by atoms with Crippen LogP contribution in [0.15, 0.2) is 48.5 Å². The first-order valence-corrected chi connectivity index (χ1v) is 13.2. The number of rotatable bonds is 8. The van der Waals surface area contributed by atoms with Crippen LogP contribution in [0, 0.1) is 18.3 Å². The Hall–Kier alpha value is -3.55. The molecule has 3 rings (SSSR count). The second kappa shape index (κ2) is 11.5. The number of phenolic OH excluding ortho intramolecular Hbond substituents is 1. The van der Waals surface area contributed by atoms with Gasteiger partial charge in [-0.1, -0.05) is 36.4 Å². The van der Waals surface area contributed by atoms with Crippen molar-refractivity contribution in [1.82, 2.24) is 15.5 Å². The first-order valence-electron chi connectivity index (χ1n) is 12.3. The van der Waals surface area contributed by atoms with Gasteiger partial charge < -0.3 is 25.7 Å². The van der Waals surface area contributed by atoms with Gasteiger partial charge in [-0.2, -0.15) is 5.26 Å². The number of benzene rings is 2. The summed E-state index contributed by atoms with van der Waals surface area (Å²) in [7, 11) is 0. The van der Waals surface area contributed by atoms with Crippen LogP contribution in [0.4, 0.5) is 0 Å². The molecule has 4 N–H and O–H groups in total. The lowest BCUT2D eigenvalue weighted by atomic mass is 9.96. The Morgan fingerprint density at radius 2 is 1.84 bits per heavy atom. The highest BCUT2D eigenvalue weighted by molar-refractivity contribution is 8.00. The number of thioether (sulfide) groups is 1. The van der Waals surface area contributed by atoms with Gasteiger partial charge in [0.05, 0.1) is 18.0 Å². The van der Waals surface area contributed by atoms with E-state index in [2.05, 4.69) is 10.6 Å². The fourth-order valence-corrected chi connectivity index (χ4v) is 5.52. The van der Waals surface area contributed by atoms with E-state index >= 15 is 0 Å². The lowest BCUT2D eigenvalue weighted by Gasteiger charge is -2.34. The minimum Gasteiger partial charge on any atom is -0.508 e. The monoisotopic (exact) mass is 538 g/mol. The second-order valence-electron chi connectivity index (χ2n) is 10.5. The molecule has 1 heterocycles. The summed E-state index contributed by atoms with van der Waals surface area (Å²) >= 11 is 1.39. The molecule has 1 saturated heterocycles. The van der Waals surface area contributed by atoms with Crippen molar-refractivity contribution in [2.45, 2.75) is 69.5 Å². The Labute approximate surface area is 227 Å². The molecular formula is C28H34N4O5S. The van der Waals surface area contributed by atoms with Gasteiger partial charge in [-0.3, -0.25) is 14.4 Å². The van der Waals surface area contributed by atoms with Crippen molar-refractivity contribution >= 4 is 29.5 Å². The molecule has 10 heteroatoms. The molecule has 1 aliphatic rings. The summed E-state index contributed by atoms with van der Waals surface area (Å²) in [5.41, 5.74) is 0.241. The van der Waals surface area contributed by atoms with E-state index in [0.717, 1.165) is 5.56 Å². The lowest BCUT2D eigenvalue weighted by molar-refractivity contribution is -0.147. The SMILES string of the molecule is Cc1c(O)cccc1C(=O)NC(Cc1ccccc1)C(O)C(=O)N1CSC(C)(C)C1C(=O)NC(C)(C)C#N. The van der Waals surface area contributed by atoms with Crippen molar-refractivity contribution < 1.29 is 24.6 Å². The van der Waals surface area contributed by atoms with Gasteiger partial charge >= 0.3 is 0 Å². The maximum atomic E-state index is 13.7. The molecule has 0 radical (unpaired) electrons. The number of nitrogens with one attached hydrogen (secondary N) is 2. The molecule has 1 aliphatic heterocycles. The standard InChI is InChI=1S/C28H34N4O5S/c1-17-19(12-9-13-21(17)33)24(35)30-20(14-18-10-7-6-8-11-18)22(34)26(37)32-16-38-28(4,5)23(32)25(36)31-27(2,3)15-29/h6-13,20,22-23,33-34H,14,16H2,1-5H3,(H,30,35)(H,31,36). The smallest absolute Gasteiger partial charge is 0.254 e. The number of aliphatic hydroxyl groups excluding tert-OH is 1. The number of aromatic hydroxyl groups is 1. The third-order valence-corrected chi connectivity index (χ3v) is 7.97. The Bertz CT molecular complexity index is 1240. The Morgan fingerprint density at radius 1 is 1.18 bits per heavy atom. The number of nitriles is 1. The summed E-state index contributed by atoms with van der Waals surface area (Å²) in [6.45, 7) is 8.39. The first kappa shape index (κ1) is 29.0. The second-order valence-corrected chi connectivity index (χ2v) is 12.1. The van der Waals surface area contributed by atoms with E-state index in [4.69, 9.17) is 0 Å². The van der Waals surface area contributed by atoms with Gasteiger partial charge in [-0.15, -0.1) is 11.8 Å². The Balaban J connectivity index is 1.90. The quantitative estimate of drug-likeness (QED) is 0.404. The zero-order valence-corrected chi connectivity index (χ0v) is 23.0. The summed E-state index contributed by atoms with van der Waals surface area (Å²) in [4.78, 5) is 41.4. The molecule has 0 saturated carbocycles. The van der Waals surface area contributed by atoms with Crippen LogP contribution >= 0.6 is 11.8 Å². The highest BCUT2D eigenvalue weighted by atomic mass is 32.2. The number of carbonyl (C=O) groups is 3. The number of phenols is 1. The van der Waals surface area contributed by atoms with Gasteiger partial charge in [0, 0.05) is 15.9 Å². The van der Waals surface area contributed by atoms with Gasteiger partial charge in [0.25, 0.3) is 11.8 Å². The zero-order valence-electron chi connectivity index (χ0n) is 22.2. The minimum atomic E-state index is -1.66. The average molecular weight is 539 g/mol. The molecule has 202 valence electrons. The van der Waals surface area contributed by atoms with Crippen LogP contribution in [0.1, 0.15) is 49.2 Å². The normalized spacial score (nSPS) is 18.2. The van der Waals surface area contributed by atoms with Crippen LogP contribution in [0.5, 0.6) is 5.75 Å². The molecule has 3 unspecified atom stereocenters. The number of hydrogen-bond donors (Lipinski definition) is 4. The molecule has 38 heavy (non-hydrogen) atoms. The van der Waals surface area contributed by atoms with Gasteiger partial charge in [-0.25, -0.2) is 0 Å². The average Bonchev–Trinajstić information content (AvgIpc) is 3.19. The van der Waals surface area contributed by atoms with Crippen molar-refractivity contribution in [3.8, 4) is 11.8 Å². The molecule has 0 aliphatic carbocycles. The molecule has 0 aromatic heterocycles. The summed E-state index contributed by atoms with van der Waals surface area (Å²) < 4.78 is -0.679. The predicted molar refractivity (Wildman–Crippen MR) is 145 cm³/mol. The molecule has 1 fully saturated rings. The van der Waals surface area contributed by atoms with Crippen LogP contribution in [-0.2, 0) is 16.0 Å². The van der Waals surface area contributed by atoms with Crippen molar-refractivity contribution in [1.29, 1.82) is 5.26 Å². The molecule has 9 nitrogen and oxygen atoms in total. The lowest BCUT2D eigenvalue weighted by Crippen LogP contribution is -2.60. The number of nitrogens with zero attached hydrogens (tertiary/aromatic N) is 2. The van der Waals surface area contributed by atoms with Gasteiger partial charge in [0.15, 0.2) is 6.10 Å². The third kappa shape index (κ3) is 6.47. The van der Waals surface area contributed by atoms with E-state index < -0.39 is 46.2 Å². The Morgan fingerprint density at radius 3 is 2.47 bits per heavy atom.